The van der Waals surface area contributed by atoms with E-state index in [1.165, 1.54) is 10.9 Å². The first kappa shape index (κ1) is 12.0. The van der Waals surface area contributed by atoms with Crippen LogP contribution in [0.2, 0.25) is 0 Å². The van der Waals surface area contributed by atoms with E-state index in [-0.39, 0.29) is 5.82 Å². The van der Waals surface area contributed by atoms with Crippen LogP contribution in [0.4, 0.5) is 10.2 Å². The summed E-state index contributed by atoms with van der Waals surface area (Å²) in [6.45, 7) is 4.03. The predicted molar refractivity (Wildman–Crippen MR) is 74.5 cm³/mol. The van der Waals surface area contributed by atoms with Crippen molar-refractivity contribution in [1.82, 2.24) is 15.0 Å². The van der Waals surface area contributed by atoms with Crippen LogP contribution in [0, 0.1) is 19.7 Å². The Labute approximate surface area is 113 Å². The third kappa shape index (κ3) is 1.94. The molecule has 0 spiro atoms. The molecule has 0 atom stereocenters. The van der Waals surface area contributed by atoms with Gasteiger partial charge in [-0.15, -0.1) is 11.3 Å². The van der Waals surface area contributed by atoms with Crippen molar-refractivity contribution in [3.63, 3.8) is 0 Å². The highest BCUT2D eigenvalue weighted by atomic mass is 32.1. The Morgan fingerprint density at radius 3 is 2.68 bits per heavy atom. The molecule has 0 bridgehead atoms. The maximum atomic E-state index is 12.9. The van der Waals surface area contributed by atoms with E-state index in [2.05, 4.69) is 15.0 Å². The summed E-state index contributed by atoms with van der Waals surface area (Å²) in [5.74, 6) is 0.472. The topological polar surface area (TPSA) is 64.7 Å². The fourth-order valence-corrected chi connectivity index (χ4v) is 2.94. The van der Waals surface area contributed by atoms with E-state index in [1.807, 2.05) is 13.8 Å². The van der Waals surface area contributed by atoms with E-state index in [1.54, 1.807) is 17.4 Å². The van der Waals surface area contributed by atoms with Crippen molar-refractivity contribution in [2.45, 2.75) is 13.8 Å². The average Bonchev–Trinajstić information content (AvgIpc) is 2.66. The van der Waals surface area contributed by atoms with Crippen LogP contribution in [0.25, 0.3) is 21.7 Å². The molecule has 3 aromatic heterocycles. The summed E-state index contributed by atoms with van der Waals surface area (Å²) in [6, 6.07) is 2.88. The number of aryl methyl sites for hydroxylation is 2. The molecule has 0 aromatic carbocycles. The molecule has 6 heteroatoms. The number of nitrogens with zero attached hydrogens (tertiary/aromatic N) is 3. The molecule has 2 N–H and O–H groups in total. The second-order valence-corrected chi connectivity index (χ2v) is 5.46. The minimum absolute atomic E-state index is 0.388. The smallest absolute Gasteiger partial charge is 0.181 e. The maximum Gasteiger partial charge on any atom is 0.181 e. The van der Waals surface area contributed by atoms with Crippen molar-refractivity contribution in [2.24, 2.45) is 0 Å². The number of thiophene rings is 1. The lowest BCUT2D eigenvalue weighted by atomic mass is 10.2. The molecule has 0 radical (unpaired) electrons. The van der Waals surface area contributed by atoms with Crippen LogP contribution in [0.5, 0.6) is 0 Å². The van der Waals surface area contributed by atoms with Gasteiger partial charge in [-0.25, -0.2) is 19.3 Å². The summed E-state index contributed by atoms with van der Waals surface area (Å²) in [4.78, 5) is 14.7. The number of anilines is 1. The van der Waals surface area contributed by atoms with Gasteiger partial charge in [0.05, 0.1) is 11.6 Å². The zero-order valence-electron chi connectivity index (χ0n) is 10.4. The van der Waals surface area contributed by atoms with Gasteiger partial charge in [-0.05, 0) is 31.5 Å². The van der Waals surface area contributed by atoms with Crippen LogP contribution in [0.3, 0.4) is 0 Å². The summed E-state index contributed by atoms with van der Waals surface area (Å²) in [5, 5.41) is 0.897. The zero-order chi connectivity index (χ0) is 13.6. The molecule has 3 aromatic rings. The Balaban J connectivity index is 2.23. The fraction of sp³-hybridized carbons (Fsp3) is 0.154. The molecule has 0 aliphatic rings. The lowest BCUT2D eigenvalue weighted by Crippen LogP contribution is -1.98. The number of hydrogen-bond donors (Lipinski definition) is 1. The Morgan fingerprint density at radius 1 is 1.21 bits per heavy atom. The van der Waals surface area contributed by atoms with Gasteiger partial charge in [-0.1, -0.05) is 0 Å². The second-order valence-electron chi connectivity index (χ2n) is 4.26. The standard InChI is InChI=1S/C13H11FN4S/c1-6-7(2)19-13-10(6)11(15)17-12(18-13)9-4-3-8(14)5-16-9/h3-5H,1-2H3,(H2,15,17,18). The van der Waals surface area contributed by atoms with Crippen LogP contribution in [-0.2, 0) is 0 Å². The molecule has 0 aliphatic carbocycles. The highest BCUT2D eigenvalue weighted by molar-refractivity contribution is 7.18. The second kappa shape index (κ2) is 4.24. The molecular weight excluding hydrogens is 263 g/mol. The Hall–Kier alpha value is -2.08. The van der Waals surface area contributed by atoms with Gasteiger partial charge in [-0.3, -0.25) is 0 Å². The van der Waals surface area contributed by atoms with E-state index in [9.17, 15) is 4.39 Å². The summed E-state index contributed by atoms with van der Waals surface area (Å²) >= 11 is 1.57. The Bertz CT molecular complexity index is 764. The lowest BCUT2D eigenvalue weighted by Gasteiger charge is -2.02. The van der Waals surface area contributed by atoms with Gasteiger partial charge in [0.2, 0.25) is 0 Å². The number of fused-ring (bicyclic) bond motifs is 1. The number of rotatable bonds is 1. The summed E-state index contributed by atoms with van der Waals surface area (Å²) < 4.78 is 12.9. The van der Waals surface area contributed by atoms with Crippen molar-refractivity contribution in [3.05, 3.63) is 34.6 Å². The summed E-state index contributed by atoms with van der Waals surface area (Å²) in [5.41, 5.74) is 7.61. The first-order chi connectivity index (χ1) is 9.06. The van der Waals surface area contributed by atoms with Gasteiger partial charge in [0.15, 0.2) is 5.82 Å². The number of halogens is 1. The molecule has 0 fully saturated rings. The van der Waals surface area contributed by atoms with Crippen LogP contribution >= 0.6 is 11.3 Å². The van der Waals surface area contributed by atoms with E-state index in [4.69, 9.17) is 5.73 Å². The Kier molecular flexibility index (Phi) is 2.67. The molecular formula is C13H11FN4S. The highest BCUT2D eigenvalue weighted by Crippen LogP contribution is 2.33. The lowest BCUT2D eigenvalue weighted by molar-refractivity contribution is 0.621. The quantitative estimate of drug-likeness (QED) is 0.740. The first-order valence-electron chi connectivity index (χ1n) is 5.71. The third-order valence-electron chi connectivity index (χ3n) is 3.01. The van der Waals surface area contributed by atoms with Crippen LogP contribution in [0.15, 0.2) is 18.3 Å². The Morgan fingerprint density at radius 2 is 2.00 bits per heavy atom. The summed E-state index contributed by atoms with van der Waals surface area (Å²) in [6.07, 6.45) is 1.14. The number of nitrogen functional groups attached to an aromatic ring is 1. The molecule has 96 valence electrons. The van der Waals surface area contributed by atoms with Gasteiger partial charge in [0, 0.05) is 4.88 Å². The number of pyridine rings is 1. The SMILES string of the molecule is Cc1sc2nc(-c3ccc(F)cn3)nc(N)c2c1C. The normalized spacial score (nSPS) is 11.1. The number of nitrogens with two attached hydrogens (primary N) is 1. The number of hydrogen-bond acceptors (Lipinski definition) is 5. The molecule has 0 saturated carbocycles. The third-order valence-corrected chi connectivity index (χ3v) is 4.11. The van der Waals surface area contributed by atoms with Gasteiger partial charge < -0.3 is 5.73 Å². The van der Waals surface area contributed by atoms with Gasteiger partial charge in [0.1, 0.15) is 22.2 Å². The van der Waals surface area contributed by atoms with Crippen molar-refractivity contribution in [1.29, 1.82) is 0 Å². The minimum atomic E-state index is -0.388. The monoisotopic (exact) mass is 274 g/mol. The van der Waals surface area contributed by atoms with Crippen molar-refractivity contribution < 1.29 is 4.39 Å². The molecule has 19 heavy (non-hydrogen) atoms. The van der Waals surface area contributed by atoms with Gasteiger partial charge >= 0.3 is 0 Å². The van der Waals surface area contributed by atoms with Crippen molar-refractivity contribution in [3.8, 4) is 11.5 Å². The van der Waals surface area contributed by atoms with E-state index in [0.717, 1.165) is 22.0 Å². The van der Waals surface area contributed by atoms with Crippen LogP contribution in [0.1, 0.15) is 10.4 Å². The molecule has 3 heterocycles. The minimum Gasteiger partial charge on any atom is -0.383 e. The molecule has 4 nitrogen and oxygen atoms in total. The molecule has 0 amide bonds. The molecule has 0 saturated heterocycles. The highest BCUT2D eigenvalue weighted by Gasteiger charge is 2.14. The van der Waals surface area contributed by atoms with E-state index < -0.39 is 0 Å². The predicted octanol–water partition coefficient (Wildman–Crippen LogP) is 3.09. The van der Waals surface area contributed by atoms with Gasteiger partial charge in [0.25, 0.3) is 0 Å². The average molecular weight is 274 g/mol. The van der Waals surface area contributed by atoms with Crippen molar-refractivity contribution >= 4 is 27.4 Å². The number of aromatic nitrogens is 3. The largest absolute Gasteiger partial charge is 0.383 e. The zero-order valence-corrected chi connectivity index (χ0v) is 11.3. The van der Waals surface area contributed by atoms with E-state index >= 15 is 0 Å². The van der Waals surface area contributed by atoms with Crippen LogP contribution < -0.4 is 5.73 Å². The van der Waals surface area contributed by atoms with Crippen molar-refractivity contribution in [2.75, 3.05) is 5.73 Å². The first-order valence-corrected chi connectivity index (χ1v) is 6.53. The maximum absolute atomic E-state index is 12.9. The molecule has 0 unspecified atom stereocenters. The van der Waals surface area contributed by atoms with Crippen LogP contribution in [-0.4, -0.2) is 15.0 Å². The van der Waals surface area contributed by atoms with Gasteiger partial charge in [-0.2, -0.15) is 0 Å². The summed E-state index contributed by atoms with van der Waals surface area (Å²) in [7, 11) is 0. The fourth-order valence-electron chi connectivity index (χ4n) is 1.90. The molecule has 0 aliphatic heterocycles. The van der Waals surface area contributed by atoms with E-state index in [0.29, 0.717) is 17.3 Å². The molecule has 3 rings (SSSR count).